The van der Waals surface area contributed by atoms with E-state index in [0.717, 1.165) is 5.56 Å². The van der Waals surface area contributed by atoms with Crippen LogP contribution >= 0.6 is 23.2 Å². The molecule has 1 aliphatic heterocycles. The van der Waals surface area contributed by atoms with Crippen LogP contribution in [0.2, 0.25) is 10.0 Å². The molecular weight excluding hydrogens is 487 g/mol. The van der Waals surface area contributed by atoms with Crippen molar-refractivity contribution in [1.82, 2.24) is 9.21 Å². The number of hydrogen-bond donors (Lipinski definition) is 0. The molecule has 1 fully saturated rings. The number of nitrogens with zero attached hydrogens (tertiary/aromatic N) is 2. The molecule has 1 heterocycles. The number of carbonyl (C=O) groups excluding carboxylic acids is 1. The topological polar surface area (TPSA) is 76.2 Å². The van der Waals surface area contributed by atoms with Crippen LogP contribution in [-0.4, -0.2) is 57.9 Å². The number of rotatable bonds is 8. The van der Waals surface area contributed by atoms with E-state index in [1.54, 1.807) is 38.3 Å². The normalized spacial score (nSPS) is 15.3. The van der Waals surface area contributed by atoms with Crippen molar-refractivity contribution in [3.63, 3.8) is 0 Å². The van der Waals surface area contributed by atoms with Crippen molar-refractivity contribution in [3.05, 3.63) is 57.6 Å². The largest absolute Gasteiger partial charge is 0.493 e. The first-order valence-electron chi connectivity index (χ1n) is 10.5. The third kappa shape index (κ3) is 6.32. The lowest BCUT2D eigenvalue weighted by Crippen LogP contribution is -2.43. The van der Waals surface area contributed by atoms with Gasteiger partial charge >= 0.3 is 0 Å². The monoisotopic (exact) mass is 514 g/mol. The molecule has 1 aliphatic rings. The van der Waals surface area contributed by atoms with Gasteiger partial charge in [0, 0.05) is 42.6 Å². The van der Waals surface area contributed by atoms with Crippen molar-refractivity contribution >= 4 is 39.1 Å². The number of hydrogen-bond acceptors (Lipinski definition) is 5. The summed E-state index contributed by atoms with van der Waals surface area (Å²) < 4.78 is 37.8. The number of benzene rings is 2. The molecule has 0 radical (unpaired) electrons. The first-order valence-corrected chi connectivity index (χ1v) is 12.9. The Morgan fingerprint density at radius 1 is 1.06 bits per heavy atom. The Labute approximate surface area is 205 Å². The van der Waals surface area contributed by atoms with Gasteiger partial charge in [-0.25, -0.2) is 12.7 Å². The SMILES string of the molecule is COc1ccc(CN(C)C(=O)C2CCN(S(=O)(=O)Cc3ccc(Cl)cc3Cl)CC2)cc1OC. The molecule has 0 saturated carbocycles. The van der Waals surface area contributed by atoms with Gasteiger partial charge in [-0.05, 0) is 48.2 Å². The Kier molecular flexibility index (Phi) is 8.50. The highest BCUT2D eigenvalue weighted by Crippen LogP contribution is 2.29. The van der Waals surface area contributed by atoms with E-state index < -0.39 is 10.0 Å². The molecule has 0 atom stereocenters. The smallest absolute Gasteiger partial charge is 0.225 e. The van der Waals surface area contributed by atoms with Crippen LogP contribution in [-0.2, 0) is 27.1 Å². The fourth-order valence-corrected chi connectivity index (χ4v) is 6.10. The van der Waals surface area contributed by atoms with E-state index in [-0.39, 0.29) is 17.6 Å². The number of carbonyl (C=O) groups is 1. The maximum absolute atomic E-state index is 13.0. The number of halogens is 2. The number of piperidine rings is 1. The molecule has 0 N–H and O–H groups in total. The lowest BCUT2D eigenvalue weighted by molar-refractivity contribution is -0.135. The zero-order chi connectivity index (χ0) is 24.2. The first-order chi connectivity index (χ1) is 15.6. The molecule has 0 aromatic heterocycles. The Morgan fingerprint density at radius 2 is 1.73 bits per heavy atom. The molecule has 0 aliphatic carbocycles. The van der Waals surface area contributed by atoms with Crippen LogP contribution in [0.5, 0.6) is 11.5 Å². The zero-order valence-corrected chi connectivity index (χ0v) is 21.2. The Balaban J connectivity index is 1.57. The summed E-state index contributed by atoms with van der Waals surface area (Å²) in [6.07, 6.45) is 0.950. The van der Waals surface area contributed by atoms with E-state index >= 15 is 0 Å². The number of amides is 1. The van der Waals surface area contributed by atoms with Gasteiger partial charge < -0.3 is 14.4 Å². The van der Waals surface area contributed by atoms with Crippen molar-refractivity contribution in [2.24, 2.45) is 5.92 Å². The predicted octanol–water partition coefficient (Wildman–Crippen LogP) is 4.21. The Morgan fingerprint density at radius 3 is 2.33 bits per heavy atom. The van der Waals surface area contributed by atoms with Gasteiger partial charge in [0.05, 0.1) is 20.0 Å². The first kappa shape index (κ1) is 25.6. The van der Waals surface area contributed by atoms with Gasteiger partial charge in [0.2, 0.25) is 15.9 Å². The summed E-state index contributed by atoms with van der Waals surface area (Å²) in [5.74, 6) is 0.822. The van der Waals surface area contributed by atoms with E-state index in [9.17, 15) is 13.2 Å². The Hall–Kier alpha value is -2.00. The molecule has 1 saturated heterocycles. The summed E-state index contributed by atoms with van der Waals surface area (Å²) in [6, 6.07) is 10.3. The number of sulfonamides is 1. The van der Waals surface area contributed by atoms with Crippen molar-refractivity contribution < 1.29 is 22.7 Å². The van der Waals surface area contributed by atoms with Crippen LogP contribution in [0.1, 0.15) is 24.0 Å². The molecule has 33 heavy (non-hydrogen) atoms. The minimum Gasteiger partial charge on any atom is -0.493 e. The molecule has 0 bridgehead atoms. The Bertz CT molecular complexity index is 1100. The minimum absolute atomic E-state index is 0.00239. The summed E-state index contributed by atoms with van der Waals surface area (Å²) in [4.78, 5) is 14.6. The lowest BCUT2D eigenvalue weighted by atomic mass is 9.96. The van der Waals surface area contributed by atoms with Crippen molar-refractivity contribution in [2.75, 3.05) is 34.4 Å². The predicted molar refractivity (Wildman–Crippen MR) is 129 cm³/mol. The van der Waals surface area contributed by atoms with Crippen LogP contribution < -0.4 is 9.47 Å². The summed E-state index contributed by atoms with van der Waals surface area (Å²) in [6.45, 7) is 1.02. The minimum atomic E-state index is -3.55. The van der Waals surface area contributed by atoms with Crippen LogP contribution in [0, 0.1) is 5.92 Å². The molecule has 1 amide bonds. The van der Waals surface area contributed by atoms with E-state index in [1.807, 2.05) is 18.2 Å². The third-order valence-corrected chi connectivity index (χ3v) is 8.21. The van der Waals surface area contributed by atoms with E-state index in [4.69, 9.17) is 32.7 Å². The lowest BCUT2D eigenvalue weighted by Gasteiger charge is -2.32. The summed E-state index contributed by atoms with van der Waals surface area (Å²) in [5.41, 5.74) is 1.43. The van der Waals surface area contributed by atoms with Gasteiger partial charge in [-0.15, -0.1) is 0 Å². The molecule has 0 unspecified atom stereocenters. The summed E-state index contributed by atoms with van der Waals surface area (Å²) in [7, 11) is 1.35. The van der Waals surface area contributed by atoms with Gasteiger partial charge in [-0.3, -0.25) is 4.79 Å². The summed E-state index contributed by atoms with van der Waals surface area (Å²) >= 11 is 12.0. The number of methoxy groups -OCH3 is 2. The third-order valence-electron chi connectivity index (χ3n) is 5.79. The molecule has 2 aromatic rings. The molecule has 0 spiro atoms. The second kappa shape index (κ2) is 11.0. The van der Waals surface area contributed by atoms with Crippen LogP contribution in [0.15, 0.2) is 36.4 Å². The fourth-order valence-electron chi connectivity index (χ4n) is 3.95. The van der Waals surface area contributed by atoms with Crippen molar-refractivity contribution in [2.45, 2.75) is 25.1 Å². The highest BCUT2D eigenvalue weighted by Gasteiger charge is 2.32. The van der Waals surface area contributed by atoms with Gasteiger partial charge in [0.15, 0.2) is 11.5 Å². The van der Waals surface area contributed by atoms with Gasteiger partial charge in [0.1, 0.15) is 0 Å². The van der Waals surface area contributed by atoms with Crippen molar-refractivity contribution in [1.29, 1.82) is 0 Å². The van der Waals surface area contributed by atoms with Gasteiger partial charge in [0.25, 0.3) is 0 Å². The average Bonchev–Trinajstić information content (AvgIpc) is 2.80. The second-order valence-electron chi connectivity index (χ2n) is 8.05. The standard InChI is InChI=1S/C23H28Cl2N2O5S/c1-26(14-16-4-7-21(31-2)22(12-16)32-3)23(28)17-8-10-27(11-9-17)33(29,30)15-18-5-6-19(24)13-20(18)25/h4-7,12-13,17H,8-11,14-15H2,1-3H3. The highest BCUT2D eigenvalue weighted by molar-refractivity contribution is 7.88. The van der Waals surface area contributed by atoms with Gasteiger partial charge in [-0.2, -0.15) is 0 Å². The summed E-state index contributed by atoms with van der Waals surface area (Å²) in [5, 5.41) is 0.783. The highest BCUT2D eigenvalue weighted by atomic mass is 35.5. The van der Waals surface area contributed by atoms with Crippen LogP contribution in [0.25, 0.3) is 0 Å². The molecule has 10 heteroatoms. The van der Waals surface area contributed by atoms with Crippen LogP contribution in [0.3, 0.4) is 0 Å². The quantitative estimate of drug-likeness (QED) is 0.527. The van der Waals surface area contributed by atoms with E-state index in [0.29, 0.717) is 59.6 Å². The molecule has 180 valence electrons. The van der Waals surface area contributed by atoms with Crippen molar-refractivity contribution in [3.8, 4) is 11.5 Å². The molecule has 7 nitrogen and oxygen atoms in total. The molecular formula is C23H28Cl2N2O5S. The fraction of sp³-hybridized carbons (Fsp3) is 0.435. The van der Waals surface area contributed by atoms with Gasteiger partial charge in [-0.1, -0.05) is 35.3 Å². The molecule has 2 aromatic carbocycles. The number of ether oxygens (including phenoxy) is 2. The maximum atomic E-state index is 13.0. The van der Waals surface area contributed by atoms with Crippen LogP contribution in [0.4, 0.5) is 0 Å². The maximum Gasteiger partial charge on any atom is 0.225 e. The average molecular weight is 515 g/mol. The zero-order valence-electron chi connectivity index (χ0n) is 18.9. The molecule has 3 rings (SSSR count). The van der Waals surface area contributed by atoms with E-state index in [1.165, 1.54) is 10.4 Å². The second-order valence-corrected chi connectivity index (χ2v) is 10.9. The van der Waals surface area contributed by atoms with E-state index in [2.05, 4.69) is 0 Å².